The van der Waals surface area contributed by atoms with Gasteiger partial charge in [-0.15, -0.1) is 0 Å². The molecule has 0 aromatic carbocycles. The first-order chi connectivity index (χ1) is 14.1. The van der Waals surface area contributed by atoms with E-state index in [1.807, 2.05) is 0 Å². The predicted octanol–water partition coefficient (Wildman–Crippen LogP) is 3.14. The minimum absolute atomic E-state index is 0.0812. The fourth-order valence-corrected chi connectivity index (χ4v) is 3.66. The summed E-state index contributed by atoms with van der Waals surface area (Å²) >= 11 is 0. The van der Waals surface area contributed by atoms with E-state index in [1.54, 1.807) is 6.92 Å². The molecule has 0 radical (unpaired) electrons. The maximum absolute atomic E-state index is 13.7. The van der Waals surface area contributed by atoms with Crippen molar-refractivity contribution in [1.82, 2.24) is 19.7 Å². The number of nitrogens with zero attached hydrogens (tertiary/aromatic N) is 4. The lowest BCUT2D eigenvalue weighted by Gasteiger charge is -2.21. The molecule has 1 saturated carbocycles. The maximum atomic E-state index is 13.7. The van der Waals surface area contributed by atoms with Gasteiger partial charge in [0.1, 0.15) is 23.1 Å². The number of aromatic nitrogens is 4. The number of rotatable bonds is 1. The lowest BCUT2D eigenvalue weighted by Crippen LogP contribution is -2.33. The van der Waals surface area contributed by atoms with Gasteiger partial charge in [0.25, 0.3) is 5.92 Å². The molecule has 162 valence electrons. The number of aryl methyl sites for hydroxylation is 1. The largest absolute Gasteiger partial charge is 0.487 e. The van der Waals surface area contributed by atoms with Crippen molar-refractivity contribution in [2.24, 2.45) is 5.92 Å². The minimum Gasteiger partial charge on any atom is -0.487 e. The second-order valence-corrected chi connectivity index (χ2v) is 7.63. The third kappa shape index (κ3) is 3.20. The Hall–Kier alpha value is -2.70. The molecule has 2 unspecified atom stereocenters. The van der Waals surface area contributed by atoms with Crippen LogP contribution in [0.5, 0.6) is 5.75 Å². The Morgan fingerprint density at radius 3 is 2.70 bits per heavy atom. The average molecular weight is 432 g/mol. The first-order valence-corrected chi connectivity index (χ1v) is 9.29. The van der Waals surface area contributed by atoms with E-state index in [1.165, 1.54) is 0 Å². The van der Waals surface area contributed by atoms with Crippen LogP contribution in [0.25, 0.3) is 0 Å². The van der Waals surface area contributed by atoms with E-state index in [0.717, 1.165) is 4.68 Å². The van der Waals surface area contributed by atoms with E-state index in [4.69, 9.17) is 9.47 Å². The van der Waals surface area contributed by atoms with Crippen molar-refractivity contribution in [3.63, 3.8) is 0 Å². The summed E-state index contributed by atoms with van der Waals surface area (Å²) in [4.78, 5) is 7.71. The van der Waals surface area contributed by atoms with Gasteiger partial charge >= 0.3 is 6.18 Å². The third-order valence-electron chi connectivity index (χ3n) is 5.41. The molecule has 2 N–H and O–H groups in total. The maximum Gasteiger partial charge on any atom is 0.421 e. The van der Waals surface area contributed by atoms with Gasteiger partial charge in [-0.2, -0.15) is 23.3 Å². The second-order valence-electron chi connectivity index (χ2n) is 7.63. The van der Waals surface area contributed by atoms with Crippen molar-refractivity contribution in [2.75, 3.05) is 30.5 Å². The van der Waals surface area contributed by atoms with Gasteiger partial charge < -0.3 is 20.1 Å². The SMILES string of the molecule is Cc1nn(C2CC2(F)F)c2c1OC[C@@H]1COCC1Nc1nc(ncc1C(F)(F)F)N2. The van der Waals surface area contributed by atoms with Gasteiger partial charge in [0.2, 0.25) is 5.95 Å². The summed E-state index contributed by atoms with van der Waals surface area (Å²) in [6.45, 7) is 2.16. The van der Waals surface area contributed by atoms with Crippen LogP contribution in [-0.2, 0) is 10.9 Å². The van der Waals surface area contributed by atoms with Crippen molar-refractivity contribution in [3.8, 4) is 5.75 Å². The Bertz CT molecular complexity index is 994. The Labute approximate surface area is 166 Å². The number of anilines is 3. The topological polar surface area (TPSA) is 86.1 Å². The van der Waals surface area contributed by atoms with E-state index in [2.05, 4.69) is 25.7 Å². The van der Waals surface area contributed by atoms with Crippen LogP contribution in [-0.4, -0.2) is 51.5 Å². The standard InChI is InChI=1S/C17H17F5N6O2/c1-7-12-14(28(27-7)11-2-16(11,18)19)26-15-23-3-9(17(20,21)22)13(25-15)24-10-6-29-4-8(10)5-30-12/h3,8,10-11H,2,4-6H2,1H3,(H2,23,24,25,26)/t8-,10?,11?/m0/s1. The highest BCUT2D eigenvalue weighted by Gasteiger charge is 2.60. The van der Waals surface area contributed by atoms with E-state index < -0.39 is 35.6 Å². The van der Waals surface area contributed by atoms with Crippen LogP contribution in [0.2, 0.25) is 0 Å². The third-order valence-corrected chi connectivity index (χ3v) is 5.41. The zero-order valence-electron chi connectivity index (χ0n) is 15.6. The molecule has 1 aliphatic carbocycles. The highest BCUT2D eigenvalue weighted by molar-refractivity contribution is 5.62. The molecule has 0 spiro atoms. The smallest absolute Gasteiger partial charge is 0.421 e. The molecular weight excluding hydrogens is 415 g/mol. The monoisotopic (exact) mass is 432 g/mol. The summed E-state index contributed by atoms with van der Waals surface area (Å²) in [5.74, 6) is -3.49. The van der Waals surface area contributed by atoms with Gasteiger partial charge in [0.05, 0.1) is 25.9 Å². The van der Waals surface area contributed by atoms with Crippen molar-refractivity contribution in [3.05, 3.63) is 17.5 Å². The fourth-order valence-electron chi connectivity index (χ4n) is 3.66. The van der Waals surface area contributed by atoms with Crippen molar-refractivity contribution in [2.45, 2.75) is 37.5 Å². The number of nitrogens with one attached hydrogen (secondary N) is 2. The Morgan fingerprint density at radius 1 is 1.23 bits per heavy atom. The zero-order valence-corrected chi connectivity index (χ0v) is 15.6. The van der Waals surface area contributed by atoms with E-state index in [0.29, 0.717) is 11.9 Å². The van der Waals surface area contributed by atoms with Crippen molar-refractivity contribution >= 4 is 17.6 Å². The van der Waals surface area contributed by atoms with Crippen LogP contribution in [0.1, 0.15) is 23.7 Å². The highest BCUT2D eigenvalue weighted by Crippen LogP contribution is 2.54. The molecule has 1 saturated heterocycles. The summed E-state index contributed by atoms with van der Waals surface area (Å²) < 4.78 is 80.1. The van der Waals surface area contributed by atoms with Crippen LogP contribution in [0, 0.1) is 12.8 Å². The molecule has 2 aromatic rings. The number of fused-ring (bicyclic) bond motifs is 4. The fraction of sp³-hybridized carbons (Fsp3) is 0.588. The number of ether oxygens (including phenoxy) is 2. The molecule has 3 aliphatic rings. The lowest BCUT2D eigenvalue weighted by atomic mass is 10.0. The number of alkyl halides is 5. The Kier molecular flexibility index (Phi) is 4.11. The number of halogens is 5. The molecule has 3 atom stereocenters. The predicted molar refractivity (Wildman–Crippen MR) is 93.1 cm³/mol. The normalized spacial score (nSPS) is 27.1. The highest BCUT2D eigenvalue weighted by atomic mass is 19.4. The summed E-state index contributed by atoms with van der Waals surface area (Å²) in [7, 11) is 0. The van der Waals surface area contributed by atoms with Crippen LogP contribution < -0.4 is 15.4 Å². The molecule has 2 aromatic heterocycles. The van der Waals surface area contributed by atoms with Crippen LogP contribution in [0.3, 0.4) is 0 Å². The van der Waals surface area contributed by atoms with E-state index in [9.17, 15) is 22.0 Å². The quantitative estimate of drug-likeness (QED) is 0.670. The van der Waals surface area contributed by atoms with Crippen molar-refractivity contribution < 1.29 is 31.4 Å². The summed E-state index contributed by atoms with van der Waals surface area (Å²) in [5, 5.41) is 9.69. The molecule has 2 bridgehead atoms. The summed E-state index contributed by atoms with van der Waals surface area (Å²) in [5.41, 5.74) is -0.660. The van der Waals surface area contributed by atoms with Gasteiger partial charge in [-0.05, 0) is 6.92 Å². The van der Waals surface area contributed by atoms with Crippen LogP contribution in [0.15, 0.2) is 6.20 Å². The van der Waals surface area contributed by atoms with Crippen LogP contribution >= 0.6 is 0 Å². The molecule has 13 heteroatoms. The van der Waals surface area contributed by atoms with Gasteiger partial charge in [0, 0.05) is 18.5 Å². The zero-order chi connectivity index (χ0) is 21.3. The Balaban J connectivity index is 1.61. The van der Waals surface area contributed by atoms with Gasteiger partial charge in [-0.25, -0.2) is 18.4 Å². The molecule has 30 heavy (non-hydrogen) atoms. The van der Waals surface area contributed by atoms with E-state index in [-0.39, 0.29) is 49.7 Å². The van der Waals surface area contributed by atoms with Gasteiger partial charge in [-0.3, -0.25) is 0 Å². The molecule has 2 aliphatic heterocycles. The van der Waals surface area contributed by atoms with E-state index >= 15 is 0 Å². The first kappa shape index (κ1) is 19.3. The van der Waals surface area contributed by atoms with Crippen molar-refractivity contribution in [1.29, 1.82) is 0 Å². The Morgan fingerprint density at radius 2 is 2.00 bits per heavy atom. The molecule has 4 heterocycles. The molecule has 5 rings (SSSR count). The second kappa shape index (κ2) is 6.40. The summed E-state index contributed by atoms with van der Waals surface area (Å²) in [6, 6.07) is -1.64. The summed E-state index contributed by atoms with van der Waals surface area (Å²) in [6.07, 6.45) is -4.41. The molecule has 8 nitrogen and oxygen atoms in total. The average Bonchev–Trinajstić information content (AvgIpc) is 2.96. The molecular formula is C17H17F5N6O2. The van der Waals surface area contributed by atoms with Gasteiger partial charge in [0.15, 0.2) is 11.6 Å². The number of hydrogen-bond donors (Lipinski definition) is 2. The lowest BCUT2D eigenvalue weighted by molar-refractivity contribution is -0.137. The molecule has 0 amide bonds. The first-order valence-electron chi connectivity index (χ1n) is 9.29. The minimum atomic E-state index is -4.67. The van der Waals surface area contributed by atoms with Crippen LogP contribution in [0.4, 0.5) is 39.5 Å². The molecule has 2 fully saturated rings. The van der Waals surface area contributed by atoms with Gasteiger partial charge in [-0.1, -0.05) is 0 Å². The number of hydrogen-bond acceptors (Lipinski definition) is 7.